The van der Waals surface area contributed by atoms with Crippen molar-refractivity contribution in [1.29, 1.82) is 0 Å². The third-order valence-electron chi connectivity index (χ3n) is 3.70. The Morgan fingerprint density at radius 3 is 2.52 bits per heavy atom. The number of hydrogen-bond acceptors (Lipinski definition) is 6. The van der Waals surface area contributed by atoms with Crippen molar-refractivity contribution >= 4 is 11.6 Å². The first-order valence-electron chi connectivity index (χ1n) is 7.12. The molecule has 0 unspecified atom stereocenters. The maximum absolute atomic E-state index is 12.3. The number of carbonyl (C=O) groups is 1. The van der Waals surface area contributed by atoms with E-state index in [1.165, 1.54) is 50.0 Å². The predicted octanol–water partition coefficient (Wildman–Crippen LogP) is -0.0692. The van der Waals surface area contributed by atoms with Gasteiger partial charge in [-0.3, -0.25) is 28.8 Å². The third kappa shape index (κ3) is 3.57. The average Bonchev–Trinajstić information content (AvgIpc) is 2.60. The van der Waals surface area contributed by atoms with E-state index >= 15 is 0 Å². The van der Waals surface area contributed by atoms with Crippen LogP contribution in [0.15, 0.2) is 33.9 Å². The number of nitrogens with zero attached hydrogens (tertiary/aromatic N) is 3. The summed E-state index contributed by atoms with van der Waals surface area (Å²) in [6.45, 7) is -0.144. The monoisotopic (exact) mass is 348 g/mol. The van der Waals surface area contributed by atoms with Crippen molar-refractivity contribution < 1.29 is 14.5 Å². The molecule has 10 heteroatoms. The predicted molar refractivity (Wildman–Crippen MR) is 87.7 cm³/mol. The quantitative estimate of drug-likeness (QED) is 0.595. The Labute approximate surface area is 141 Å². The molecule has 0 fully saturated rings. The molecule has 10 nitrogen and oxygen atoms in total. The first-order valence-corrected chi connectivity index (χ1v) is 7.12. The number of rotatable bonds is 5. The fourth-order valence-corrected chi connectivity index (χ4v) is 2.20. The van der Waals surface area contributed by atoms with E-state index < -0.39 is 22.1 Å². The Hall–Kier alpha value is -3.43. The van der Waals surface area contributed by atoms with E-state index in [9.17, 15) is 24.5 Å². The summed E-state index contributed by atoms with van der Waals surface area (Å²) in [6.07, 6.45) is 0. The summed E-state index contributed by atoms with van der Waals surface area (Å²) in [6, 6.07) is 5.00. The summed E-state index contributed by atoms with van der Waals surface area (Å²) in [5.41, 5.74) is -1.34. The van der Waals surface area contributed by atoms with Crippen LogP contribution >= 0.6 is 0 Å². The Morgan fingerprint density at radius 2 is 1.92 bits per heavy atom. The number of hydrogen-bond donors (Lipinski definition) is 1. The summed E-state index contributed by atoms with van der Waals surface area (Å²) in [5.74, 6) is -0.435. The first kappa shape index (κ1) is 17.9. The van der Waals surface area contributed by atoms with Gasteiger partial charge in [0.25, 0.3) is 17.2 Å². The minimum atomic E-state index is -0.723. The second kappa shape index (κ2) is 6.99. The van der Waals surface area contributed by atoms with Gasteiger partial charge in [0.15, 0.2) is 0 Å². The zero-order chi connectivity index (χ0) is 18.7. The molecule has 0 saturated carbocycles. The van der Waals surface area contributed by atoms with Gasteiger partial charge in [0.05, 0.1) is 18.6 Å². The van der Waals surface area contributed by atoms with Crippen LogP contribution in [0.5, 0.6) is 5.75 Å². The van der Waals surface area contributed by atoms with Crippen LogP contribution in [0.3, 0.4) is 0 Å². The first-order chi connectivity index (χ1) is 11.8. The number of ether oxygens (including phenoxy) is 1. The minimum Gasteiger partial charge on any atom is -0.497 e. The highest BCUT2D eigenvalue weighted by atomic mass is 16.6. The summed E-state index contributed by atoms with van der Waals surface area (Å²) in [7, 11) is 4.17. The van der Waals surface area contributed by atoms with Gasteiger partial charge in [0, 0.05) is 31.9 Å². The van der Waals surface area contributed by atoms with Gasteiger partial charge in [0.2, 0.25) is 0 Å². The second-order valence-electron chi connectivity index (χ2n) is 5.20. The Balaban J connectivity index is 2.31. The molecule has 0 aliphatic heterocycles. The topological polar surface area (TPSA) is 125 Å². The van der Waals surface area contributed by atoms with Crippen molar-refractivity contribution in [2.24, 2.45) is 14.1 Å². The van der Waals surface area contributed by atoms with Crippen LogP contribution in [-0.2, 0) is 20.6 Å². The number of aromatic nitrogens is 2. The molecule has 0 aliphatic carbocycles. The lowest BCUT2D eigenvalue weighted by Gasteiger charge is -2.11. The van der Waals surface area contributed by atoms with Crippen LogP contribution in [-0.4, -0.2) is 27.1 Å². The molecule has 0 saturated heterocycles. The highest BCUT2D eigenvalue weighted by molar-refractivity contribution is 5.98. The maximum Gasteiger partial charge on any atom is 0.330 e. The van der Waals surface area contributed by atoms with Crippen molar-refractivity contribution in [3.63, 3.8) is 0 Å². The van der Waals surface area contributed by atoms with Gasteiger partial charge in [-0.15, -0.1) is 0 Å². The molecule has 0 atom stereocenters. The molecule has 1 aromatic heterocycles. The highest BCUT2D eigenvalue weighted by Gasteiger charge is 2.21. The van der Waals surface area contributed by atoms with Gasteiger partial charge in [-0.1, -0.05) is 0 Å². The van der Waals surface area contributed by atoms with E-state index in [-0.39, 0.29) is 29.2 Å². The molecule has 0 radical (unpaired) electrons. The van der Waals surface area contributed by atoms with E-state index in [0.717, 1.165) is 4.57 Å². The second-order valence-corrected chi connectivity index (χ2v) is 5.20. The Bertz CT molecular complexity index is 959. The normalized spacial score (nSPS) is 10.4. The van der Waals surface area contributed by atoms with Crippen molar-refractivity contribution in [3.05, 3.63) is 66.5 Å². The molecule has 1 N–H and O–H groups in total. The Morgan fingerprint density at radius 1 is 1.24 bits per heavy atom. The summed E-state index contributed by atoms with van der Waals surface area (Å²) in [4.78, 5) is 46.3. The van der Waals surface area contributed by atoms with Crippen LogP contribution in [0.1, 0.15) is 16.1 Å². The molecule has 1 heterocycles. The van der Waals surface area contributed by atoms with Gasteiger partial charge in [-0.2, -0.15) is 0 Å². The van der Waals surface area contributed by atoms with Crippen LogP contribution < -0.4 is 21.3 Å². The lowest BCUT2D eigenvalue weighted by molar-refractivity contribution is -0.385. The van der Waals surface area contributed by atoms with Gasteiger partial charge in [0.1, 0.15) is 11.3 Å². The number of amides is 1. The molecule has 25 heavy (non-hydrogen) atoms. The van der Waals surface area contributed by atoms with Crippen LogP contribution in [0.4, 0.5) is 5.69 Å². The summed E-state index contributed by atoms with van der Waals surface area (Å²) >= 11 is 0. The van der Waals surface area contributed by atoms with E-state index in [4.69, 9.17) is 4.74 Å². The fourth-order valence-electron chi connectivity index (χ4n) is 2.20. The molecule has 1 amide bonds. The van der Waals surface area contributed by atoms with Crippen LogP contribution in [0.25, 0.3) is 0 Å². The summed E-state index contributed by atoms with van der Waals surface area (Å²) in [5, 5.41) is 13.5. The number of nitro groups is 1. The number of methoxy groups -OCH3 is 1. The lowest BCUT2D eigenvalue weighted by Crippen LogP contribution is -2.39. The third-order valence-corrected chi connectivity index (χ3v) is 3.70. The molecule has 2 aromatic rings. The van der Waals surface area contributed by atoms with E-state index in [1.807, 2.05) is 0 Å². The van der Waals surface area contributed by atoms with Gasteiger partial charge >= 0.3 is 5.69 Å². The van der Waals surface area contributed by atoms with Gasteiger partial charge < -0.3 is 10.1 Å². The van der Waals surface area contributed by atoms with Crippen LogP contribution in [0, 0.1) is 10.1 Å². The molecule has 132 valence electrons. The zero-order valence-corrected chi connectivity index (χ0v) is 13.8. The fraction of sp³-hybridized carbons (Fsp3) is 0.267. The van der Waals surface area contributed by atoms with Gasteiger partial charge in [-0.25, -0.2) is 4.79 Å². The molecule has 0 aliphatic rings. The van der Waals surface area contributed by atoms with Gasteiger partial charge in [-0.05, 0) is 12.1 Å². The largest absolute Gasteiger partial charge is 0.497 e. The molecule has 0 spiro atoms. The SMILES string of the molecule is COc1ccc([N+](=O)[O-])c(C(=O)NCc2cc(=O)n(C)c(=O)n2C)c1. The average molecular weight is 348 g/mol. The van der Waals surface area contributed by atoms with Crippen molar-refractivity contribution in [3.8, 4) is 5.75 Å². The van der Waals surface area contributed by atoms with E-state index in [0.29, 0.717) is 0 Å². The molecular formula is C15H16N4O6. The number of carbonyl (C=O) groups excluding carboxylic acids is 1. The Kier molecular flexibility index (Phi) is 5.01. The van der Waals surface area contributed by atoms with E-state index in [2.05, 4.69) is 5.32 Å². The minimum absolute atomic E-state index is 0.144. The van der Waals surface area contributed by atoms with E-state index in [1.54, 1.807) is 0 Å². The van der Waals surface area contributed by atoms with Crippen molar-refractivity contribution in [2.45, 2.75) is 6.54 Å². The number of nitrogens with one attached hydrogen (secondary N) is 1. The van der Waals surface area contributed by atoms with Crippen molar-refractivity contribution in [1.82, 2.24) is 14.5 Å². The molecule has 1 aromatic carbocycles. The zero-order valence-electron chi connectivity index (χ0n) is 13.8. The molecular weight excluding hydrogens is 332 g/mol. The summed E-state index contributed by atoms with van der Waals surface area (Å²) < 4.78 is 7.11. The molecule has 2 rings (SSSR count). The van der Waals surface area contributed by atoms with Crippen molar-refractivity contribution in [2.75, 3.05) is 7.11 Å². The number of nitro benzene ring substituents is 1. The van der Waals surface area contributed by atoms with Crippen LogP contribution in [0.2, 0.25) is 0 Å². The standard InChI is InChI=1S/C15H16N4O6/c1-17-9(6-13(20)18(2)15(17)22)8-16-14(21)11-7-10(25-3)4-5-12(11)19(23)24/h4-7H,8H2,1-3H3,(H,16,21). The molecule has 0 bridgehead atoms. The smallest absolute Gasteiger partial charge is 0.330 e. The number of benzene rings is 1. The maximum atomic E-state index is 12.3. The lowest BCUT2D eigenvalue weighted by atomic mass is 10.1. The highest BCUT2D eigenvalue weighted by Crippen LogP contribution is 2.23.